The van der Waals surface area contributed by atoms with E-state index in [1.807, 2.05) is 17.7 Å². The summed E-state index contributed by atoms with van der Waals surface area (Å²) in [5.41, 5.74) is 0.925. The van der Waals surface area contributed by atoms with Crippen molar-refractivity contribution in [2.24, 2.45) is 0 Å². The van der Waals surface area contributed by atoms with Crippen LogP contribution in [-0.4, -0.2) is 22.3 Å². The molecule has 0 fully saturated rings. The molecule has 1 heterocycles. The monoisotopic (exact) mass is 277 g/mol. The van der Waals surface area contributed by atoms with Crippen LogP contribution in [-0.2, 0) is 6.54 Å². The summed E-state index contributed by atoms with van der Waals surface area (Å²) in [6, 6.07) is 0. The van der Waals surface area contributed by atoms with Gasteiger partial charge in [-0.3, -0.25) is 0 Å². The molecular weight excluding hydrogens is 255 g/mol. The fourth-order valence-electron chi connectivity index (χ4n) is 1.84. The third-order valence-electron chi connectivity index (χ3n) is 2.82. The zero-order chi connectivity index (χ0) is 14.3. The number of halogens is 3. The molecule has 0 bridgehead atoms. The van der Waals surface area contributed by atoms with E-state index in [9.17, 15) is 13.2 Å². The number of nitrogens with one attached hydrogen (secondary N) is 1. The smallest absolute Gasteiger partial charge is 0.356 e. The Balaban J connectivity index is 2.32. The molecule has 0 amide bonds. The summed E-state index contributed by atoms with van der Waals surface area (Å²) in [5.74, 6) is 0.762. The summed E-state index contributed by atoms with van der Waals surface area (Å²) in [6.07, 6.45) is 0.0347. The number of hydrogen-bond donors (Lipinski definition) is 1. The van der Waals surface area contributed by atoms with E-state index in [4.69, 9.17) is 0 Å². The molecule has 0 radical (unpaired) electrons. The maximum atomic E-state index is 12.0. The van der Waals surface area contributed by atoms with Crippen LogP contribution in [0.5, 0.6) is 0 Å². The maximum absolute atomic E-state index is 12.0. The van der Waals surface area contributed by atoms with Gasteiger partial charge in [0, 0.05) is 25.7 Å². The first-order valence-corrected chi connectivity index (χ1v) is 6.77. The average molecular weight is 277 g/mol. The lowest BCUT2D eigenvalue weighted by atomic mass is 10.2. The van der Waals surface area contributed by atoms with Gasteiger partial charge in [-0.25, -0.2) is 4.98 Å². The van der Waals surface area contributed by atoms with E-state index in [0.717, 1.165) is 31.0 Å². The summed E-state index contributed by atoms with van der Waals surface area (Å²) < 4.78 is 38.0. The highest BCUT2D eigenvalue weighted by atomic mass is 19.4. The number of rotatable bonds is 8. The highest BCUT2D eigenvalue weighted by Gasteiger charge is 2.25. The Kier molecular flexibility index (Phi) is 6.18. The van der Waals surface area contributed by atoms with E-state index >= 15 is 0 Å². The van der Waals surface area contributed by atoms with Gasteiger partial charge in [-0.2, -0.15) is 13.2 Å². The fourth-order valence-corrected chi connectivity index (χ4v) is 1.84. The highest BCUT2D eigenvalue weighted by Crippen LogP contribution is 2.22. The molecule has 1 rings (SSSR count). The molecule has 110 valence electrons. The molecule has 1 aromatic rings. The van der Waals surface area contributed by atoms with Gasteiger partial charge in [0.2, 0.25) is 5.95 Å². The number of unbranched alkanes of at least 4 members (excludes halogenated alkanes) is 2. The maximum Gasteiger partial charge on any atom is 0.389 e. The second kappa shape index (κ2) is 7.40. The Morgan fingerprint density at radius 2 is 2.00 bits per heavy atom. The van der Waals surface area contributed by atoms with Crippen molar-refractivity contribution in [3.8, 4) is 0 Å². The minimum Gasteiger partial charge on any atom is -0.356 e. The van der Waals surface area contributed by atoms with Crippen LogP contribution in [0.15, 0.2) is 6.20 Å². The quantitative estimate of drug-likeness (QED) is 0.724. The van der Waals surface area contributed by atoms with Crippen LogP contribution < -0.4 is 5.32 Å². The molecule has 1 N–H and O–H groups in total. The molecule has 19 heavy (non-hydrogen) atoms. The van der Waals surface area contributed by atoms with Crippen molar-refractivity contribution in [3.63, 3.8) is 0 Å². The summed E-state index contributed by atoms with van der Waals surface area (Å²) in [4.78, 5) is 4.34. The number of hydrogen-bond acceptors (Lipinski definition) is 2. The van der Waals surface area contributed by atoms with Gasteiger partial charge in [0.25, 0.3) is 0 Å². The molecule has 0 aliphatic rings. The van der Waals surface area contributed by atoms with Crippen molar-refractivity contribution < 1.29 is 13.2 Å². The Morgan fingerprint density at radius 1 is 1.26 bits per heavy atom. The SMILES string of the molecule is CCCCn1cc(C)nc1NCCCCC(F)(F)F. The van der Waals surface area contributed by atoms with E-state index < -0.39 is 12.6 Å². The van der Waals surface area contributed by atoms with Gasteiger partial charge in [0.15, 0.2) is 0 Å². The van der Waals surface area contributed by atoms with Gasteiger partial charge in [0.05, 0.1) is 5.69 Å². The predicted molar refractivity (Wildman–Crippen MR) is 70.3 cm³/mol. The molecule has 0 aromatic carbocycles. The van der Waals surface area contributed by atoms with Crippen molar-refractivity contribution in [1.29, 1.82) is 0 Å². The van der Waals surface area contributed by atoms with Crippen molar-refractivity contribution in [1.82, 2.24) is 9.55 Å². The first-order valence-electron chi connectivity index (χ1n) is 6.77. The highest BCUT2D eigenvalue weighted by molar-refractivity contribution is 5.28. The number of aromatic nitrogens is 2. The van der Waals surface area contributed by atoms with Crippen molar-refractivity contribution in [2.45, 2.75) is 58.7 Å². The van der Waals surface area contributed by atoms with Crippen LogP contribution in [0, 0.1) is 6.92 Å². The molecular formula is C13H22F3N3. The first-order chi connectivity index (χ1) is 8.92. The second-order valence-corrected chi connectivity index (χ2v) is 4.75. The Labute approximate surface area is 112 Å². The number of aryl methyl sites for hydroxylation is 2. The van der Waals surface area contributed by atoms with E-state index in [1.54, 1.807) is 0 Å². The summed E-state index contributed by atoms with van der Waals surface area (Å²) in [6.45, 7) is 5.45. The number of alkyl halides is 3. The van der Waals surface area contributed by atoms with Crippen molar-refractivity contribution >= 4 is 5.95 Å². The predicted octanol–water partition coefficient (Wildman–Crippen LogP) is 4.14. The van der Waals surface area contributed by atoms with Crippen LogP contribution in [0.25, 0.3) is 0 Å². The normalized spacial score (nSPS) is 11.8. The molecule has 1 aromatic heterocycles. The number of imidazole rings is 1. The zero-order valence-electron chi connectivity index (χ0n) is 11.6. The summed E-state index contributed by atoms with van der Waals surface area (Å²) >= 11 is 0. The lowest BCUT2D eigenvalue weighted by Gasteiger charge is -2.09. The molecule has 0 atom stereocenters. The third kappa shape index (κ3) is 6.50. The van der Waals surface area contributed by atoms with Crippen LogP contribution in [0.4, 0.5) is 19.1 Å². The third-order valence-corrected chi connectivity index (χ3v) is 2.82. The van der Waals surface area contributed by atoms with Crippen LogP contribution in [0.3, 0.4) is 0 Å². The minimum atomic E-state index is -4.05. The van der Waals surface area contributed by atoms with E-state index in [-0.39, 0.29) is 6.42 Å². The van der Waals surface area contributed by atoms with Gasteiger partial charge >= 0.3 is 6.18 Å². The summed E-state index contributed by atoms with van der Waals surface area (Å²) in [5, 5.41) is 3.11. The van der Waals surface area contributed by atoms with Gasteiger partial charge in [0.1, 0.15) is 0 Å². The topological polar surface area (TPSA) is 29.9 Å². The number of anilines is 1. The molecule has 6 heteroatoms. The first kappa shape index (κ1) is 15.9. The van der Waals surface area contributed by atoms with Crippen LogP contribution >= 0.6 is 0 Å². The molecule has 0 saturated carbocycles. The van der Waals surface area contributed by atoms with Gasteiger partial charge < -0.3 is 9.88 Å². The van der Waals surface area contributed by atoms with E-state index in [2.05, 4.69) is 17.2 Å². The fraction of sp³-hybridized carbons (Fsp3) is 0.769. The molecule has 0 unspecified atom stereocenters. The van der Waals surface area contributed by atoms with E-state index in [0.29, 0.717) is 13.0 Å². The Morgan fingerprint density at radius 3 is 2.63 bits per heavy atom. The van der Waals surface area contributed by atoms with Crippen LogP contribution in [0.1, 0.15) is 44.7 Å². The molecule has 0 saturated heterocycles. The van der Waals surface area contributed by atoms with Gasteiger partial charge in [-0.1, -0.05) is 13.3 Å². The van der Waals surface area contributed by atoms with Crippen molar-refractivity contribution in [3.05, 3.63) is 11.9 Å². The van der Waals surface area contributed by atoms with Crippen LogP contribution in [0.2, 0.25) is 0 Å². The zero-order valence-corrected chi connectivity index (χ0v) is 11.6. The largest absolute Gasteiger partial charge is 0.389 e. The average Bonchev–Trinajstić information content (AvgIpc) is 2.65. The lowest BCUT2D eigenvalue weighted by molar-refractivity contribution is -0.135. The second-order valence-electron chi connectivity index (χ2n) is 4.75. The summed E-state index contributed by atoms with van der Waals surface area (Å²) in [7, 11) is 0. The lowest BCUT2D eigenvalue weighted by Crippen LogP contribution is -2.11. The standard InChI is InChI=1S/C13H22F3N3/c1-3-4-9-19-10-11(2)18-12(19)17-8-6-5-7-13(14,15)16/h10H,3-9H2,1-2H3,(H,17,18). The van der Waals surface area contributed by atoms with Crippen molar-refractivity contribution in [2.75, 3.05) is 11.9 Å². The Hall–Kier alpha value is -1.20. The minimum absolute atomic E-state index is 0.158. The Bertz CT molecular complexity index is 372. The molecule has 0 aliphatic carbocycles. The van der Waals surface area contributed by atoms with Gasteiger partial charge in [-0.15, -0.1) is 0 Å². The molecule has 3 nitrogen and oxygen atoms in total. The molecule has 0 aliphatic heterocycles. The molecule has 0 spiro atoms. The van der Waals surface area contributed by atoms with E-state index in [1.165, 1.54) is 0 Å². The van der Waals surface area contributed by atoms with Gasteiger partial charge in [-0.05, 0) is 26.2 Å². The number of nitrogens with zero attached hydrogens (tertiary/aromatic N) is 2.